The highest BCUT2D eigenvalue weighted by molar-refractivity contribution is 5.92. The van der Waals surface area contributed by atoms with Gasteiger partial charge in [-0.15, -0.1) is 0 Å². The third-order valence-electron chi connectivity index (χ3n) is 3.96. The molecule has 0 bridgehead atoms. The Morgan fingerprint density at radius 3 is 2.48 bits per heavy atom. The third kappa shape index (κ3) is 4.59. The number of benzene rings is 2. The molecule has 0 heterocycles. The van der Waals surface area contributed by atoms with Gasteiger partial charge in [0.1, 0.15) is 5.75 Å². The van der Waals surface area contributed by atoms with Crippen molar-refractivity contribution in [1.29, 1.82) is 0 Å². The summed E-state index contributed by atoms with van der Waals surface area (Å²) in [4.78, 5) is 12.2. The van der Waals surface area contributed by atoms with Crippen LogP contribution in [-0.2, 0) is 11.2 Å². The first-order valence-electron chi connectivity index (χ1n) is 8.03. The van der Waals surface area contributed by atoms with Gasteiger partial charge in [0.05, 0.1) is 7.11 Å². The van der Waals surface area contributed by atoms with Crippen molar-refractivity contribution in [3.8, 4) is 5.75 Å². The van der Waals surface area contributed by atoms with Gasteiger partial charge in [-0.25, -0.2) is 0 Å². The highest BCUT2D eigenvalue weighted by Gasteiger charge is 2.13. The van der Waals surface area contributed by atoms with Crippen LogP contribution in [0.4, 0.5) is 5.69 Å². The number of rotatable bonds is 6. The Labute approximate surface area is 138 Å². The van der Waals surface area contributed by atoms with Gasteiger partial charge in [-0.05, 0) is 48.1 Å². The molecule has 2 aromatic carbocycles. The van der Waals surface area contributed by atoms with Crippen LogP contribution in [0.15, 0.2) is 42.5 Å². The quantitative estimate of drug-likeness (QED) is 0.840. The lowest BCUT2D eigenvalue weighted by molar-refractivity contribution is -0.116. The van der Waals surface area contributed by atoms with E-state index < -0.39 is 0 Å². The maximum atomic E-state index is 12.2. The Bertz CT molecular complexity index is 663. The van der Waals surface area contributed by atoms with Gasteiger partial charge >= 0.3 is 0 Å². The van der Waals surface area contributed by atoms with Gasteiger partial charge in [0, 0.05) is 12.1 Å². The van der Waals surface area contributed by atoms with Crippen molar-refractivity contribution in [2.24, 2.45) is 0 Å². The van der Waals surface area contributed by atoms with Crippen LogP contribution in [0.2, 0.25) is 0 Å². The van der Waals surface area contributed by atoms with E-state index in [1.807, 2.05) is 49.4 Å². The maximum absolute atomic E-state index is 12.2. The van der Waals surface area contributed by atoms with E-state index in [9.17, 15) is 4.79 Å². The van der Waals surface area contributed by atoms with Crippen LogP contribution in [0.1, 0.15) is 42.9 Å². The standard InChI is InChI=1S/C20H25NO2/c1-14(2)17-13-18(15(3)12-19(17)23-4)21-20(22)11-10-16-8-6-5-7-9-16/h5-9,12-14H,10-11H2,1-4H3,(H,21,22). The van der Waals surface area contributed by atoms with Gasteiger partial charge in [-0.2, -0.15) is 0 Å². The molecule has 3 nitrogen and oxygen atoms in total. The second-order valence-corrected chi connectivity index (χ2v) is 6.10. The summed E-state index contributed by atoms with van der Waals surface area (Å²) in [5.41, 5.74) is 4.17. The molecule has 122 valence electrons. The Kier molecular flexibility index (Phi) is 5.80. The molecular formula is C20H25NO2. The van der Waals surface area contributed by atoms with E-state index in [2.05, 4.69) is 19.2 Å². The average molecular weight is 311 g/mol. The molecule has 0 saturated heterocycles. The van der Waals surface area contributed by atoms with Crippen molar-refractivity contribution in [1.82, 2.24) is 0 Å². The van der Waals surface area contributed by atoms with Crippen molar-refractivity contribution in [2.45, 2.75) is 39.5 Å². The molecular weight excluding hydrogens is 286 g/mol. The van der Waals surface area contributed by atoms with E-state index in [-0.39, 0.29) is 5.91 Å². The van der Waals surface area contributed by atoms with Crippen LogP contribution in [0, 0.1) is 6.92 Å². The van der Waals surface area contributed by atoms with E-state index >= 15 is 0 Å². The summed E-state index contributed by atoms with van der Waals surface area (Å²) < 4.78 is 5.44. The van der Waals surface area contributed by atoms with E-state index in [0.717, 1.165) is 29.0 Å². The Hall–Kier alpha value is -2.29. The molecule has 1 N–H and O–H groups in total. The number of nitrogens with one attached hydrogen (secondary N) is 1. The molecule has 3 heteroatoms. The Morgan fingerprint density at radius 1 is 1.17 bits per heavy atom. The first-order chi connectivity index (χ1) is 11.0. The van der Waals surface area contributed by atoms with Crippen LogP contribution in [0.3, 0.4) is 0 Å². The predicted octanol–water partition coefficient (Wildman–Crippen LogP) is 4.70. The fourth-order valence-corrected chi connectivity index (χ4v) is 2.58. The third-order valence-corrected chi connectivity index (χ3v) is 3.96. The summed E-state index contributed by atoms with van der Waals surface area (Å²) in [7, 11) is 1.68. The van der Waals surface area contributed by atoms with Gasteiger partial charge in [-0.3, -0.25) is 4.79 Å². The topological polar surface area (TPSA) is 38.3 Å². The second-order valence-electron chi connectivity index (χ2n) is 6.10. The molecule has 0 aliphatic carbocycles. The zero-order chi connectivity index (χ0) is 16.8. The van der Waals surface area contributed by atoms with Crippen molar-refractivity contribution < 1.29 is 9.53 Å². The molecule has 0 atom stereocenters. The summed E-state index contributed by atoms with van der Waals surface area (Å²) in [6.45, 7) is 6.22. The summed E-state index contributed by atoms with van der Waals surface area (Å²) in [5.74, 6) is 1.25. The normalized spacial score (nSPS) is 10.7. The number of anilines is 1. The highest BCUT2D eigenvalue weighted by atomic mass is 16.5. The van der Waals surface area contributed by atoms with E-state index in [4.69, 9.17) is 4.74 Å². The summed E-state index contributed by atoms with van der Waals surface area (Å²) in [5, 5.41) is 3.03. The highest BCUT2D eigenvalue weighted by Crippen LogP contribution is 2.32. The Balaban J connectivity index is 2.07. The SMILES string of the molecule is COc1cc(C)c(NC(=O)CCc2ccccc2)cc1C(C)C. The molecule has 0 unspecified atom stereocenters. The molecule has 0 radical (unpaired) electrons. The van der Waals surface area contributed by atoms with E-state index in [0.29, 0.717) is 12.3 Å². The molecule has 0 saturated carbocycles. The van der Waals surface area contributed by atoms with Crippen LogP contribution < -0.4 is 10.1 Å². The lowest BCUT2D eigenvalue weighted by Crippen LogP contribution is -2.14. The lowest BCUT2D eigenvalue weighted by atomic mass is 9.99. The molecule has 1 amide bonds. The summed E-state index contributed by atoms with van der Waals surface area (Å²) >= 11 is 0. The molecule has 0 spiro atoms. The first-order valence-corrected chi connectivity index (χ1v) is 8.03. The van der Waals surface area contributed by atoms with Crippen molar-refractivity contribution in [3.05, 3.63) is 59.2 Å². The number of hydrogen-bond acceptors (Lipinski definition) is 2. The molecule has 0 fully saturated rings. The fourth-order valence-electron chi connectivity index (χ4n) is 2.58. The van der Waals surface area contributed by atoms with Gasteiger partial charge in [-0.1, -0.05) is 44.2 Å². The van der Waals surface area contributed by atoms with Crippen LogP contribution in [0.5, 0.6) is 5.75 Å². The number of amides is 1. The zero-order valence-corrected chi connectivity index (χ0v) is 14.3. The lowest BCUT2D eigenvalue weighted by Gasteiger charge is -2.16. The van der Waals surface area contributed by atoms with E-state index in [1.54, 1.807) is 7.11 Å². The van der Waals surface area contributed by atoms with Crippen LogP contribution in [-0.4, -0.2) is 13.0 Å². The number of methoxy groups -OCH3 is 1. The van der Waals surface area contributed by atoms with Gasteiger partial charge in [0.25, 0.3) is 0 Å². The van der Waals surface area contributed by atoms with Gasteiger partial charge < -0.3 is 10.1 Å². The minimum atomic E-state index is 0.0387. The smallest absolute Gasteiger partial charge is 0.224 e. The first kappa shape index (κ1) is 17.1. The zero-order valence-electron chi connectivity index (χ0n) is 14.3. The maximum Gasteiger partial charge on any atom is 0.224 e. The van der Waals surface area contributed by atoms with Gasteiger partial charge in [0.2, 0.25) is 5.91 Å². The van der Waals surface area contributed by atoms with Crippen LogP contribution in [0.25, 0.3) is 0 Å². The monoisotopic (exact) mass is 311 g/mol. The number of carbonyl (C=O) groups is 1. The number of aryl methyl sites for hydroxylation is 2. The molecule has 0 aliphatic rings. The second kappa shape index (κ2) is 7.82. The number of carbonyl (C=O) groups excluding carboxylic acids is 1. The Morgan fingerprint density at radius 2 is 1.87 bits per heavy atom. The molecule has 23 heavy (non-hydrogen) atoms. The molecule has 0 aromatic heterocycles. The van der Waals surface area contributed by atoms with Gasteiger partial charge in [0.15, 0.2) is 0 Å². The molecule has 2 rings (SSSR count). The minimum Gasteiger partial charge on any atom is -0.496 e. The average Bonchev–Trinajstić information content (AvgIpc) is 2.55. The number of ether oxygens (including phenoxy) is 1. The predicted molar refractivity (Wildman–Crippen MR) is 95.2 cm³/mol. The van der Waals surface area contributed by atoms with Crippen molar-refractivity contribution >= 4 is 11.6 Å². The summed E-state index contributed by atoms with van der Waals surface area (Å²) in [6.07, 6.45) is 1.23. The molecule has 0 aliphatic heterocycles. The van der Waals surface area contributed by atoms with E-state index in [1.165, 1.54) is 5.56 Å². The fraction of sp³-hybridized carbons (Fsp3) is 0.350. The van der Waals surface area contributed by atoms with Crippen LogP contribution >= 0.6 is 0 Å². The van der Waals surface area contributed by atoms with Crippen molar-refractivity contribution in [3.63, 3.8) is 0 Å². The minimum absolute atomic E-state index is 0.0387. The number of hydrogen-bond donors (Lipinski definition) is 1. The van der Waals surface area contributed by atoms with Crippen molar-refractivity contribution in [2.75, 3.05) is 12.4 Å². The largest absolute Gasteiger partial charge is 0.496 e. The summed E-state index contributed by atoms with van der Waals surface area (Å²) in [6, 6.07) is 14.1. The molecule has 2 aromatic rings.